The summed E-state index contributed by atoms with van der Waals surface area (Å²) in [5.41, 5.74) is 7.77. The lowest BCUT2D eigenvalue weighted by molar-refractivity contribution is 0.477. The van der Waals surface area contributed by atoms with Gasteiger partial charge in [0.25, 0.3) is 0 Å². The average Bonchev–Trinajstić information content (AvgIpc) is 3.24. The zero-order valence-corrected chi connectivity index (χ0v) is 18.8. The van der Waals surface area contributed by atoms with Gasteiger partial charge in [0.1, 0.15) is 5.75 Å². The average molecular weight is 446 g/mol. The molecule has 6 rings (SSSR count). The summed E-state index contributed by atoms with van der Waals surface area (Å²) in [6.45, 7) is 0. The number of aromatic hydroxyl groups is 1. The van der Waals surface area contributed by atoms with Crippen LogP contribution in [0, 0.1) is 0 Å². The quantitative estimate of drug-likeness (QED) is 0.331. The van der Waals surface area contributed by atoms with Crippen LogP contribution in [0.2, 0.25) is 0 Å². The fraction of sp³-hybridized carbons (Fsp3) is 0.0667. The van der Waals surface area contributed by atoms with Crippen LogP contribution in [-0.2, 0) is 0 Å². The molecule has 1 atom stereocenters. The van der Waals surface area contributed by atoms with Gasteiger partial charge in [-0.2, -0.15) is 0 Å². The molecule has 0 spiro atoms. The zero-order chi connectivity index (χ0) is 22.2. The molecular formula is C30H23NOS. The number of para-hydroxylation sites is 2. The molecule has 2 N–H and O–H groups in total. The first-order valence-electron chi connectivity index (χ1n) is 11.2. The standard InChI is InChI=1S/C30H23NOS/c32-28-17-5-2-12-24(28)23-11-1-4-16-27(23)31-21-10-7-9-20(19-21)22-14-8-15-26-25-13-3-6-18-29(25)33-30(22)26/h1-14,16-19,26,31-32H,15H2. The fourth-order valence-electron chi connectivity index (χ4n) is 4.76. The Labute approximate surface area is 198 Å². The lowest BCUT2D eigenvalue weighted by Gasteiger charge is -2.20. The van der Waals surface area contributed by atoms with Gasteiger partial charge in [-0.05, 0) is 53.5 Å². The van der Waals surface area contributed by atoms with E-state index in [0.29, 0.717) is 5.92 Å². The van der Waals surface area contributed by atoms with Crippen LogP contribution in [0.25, 0.3) is 16.7 Å². The third-order valence-corrected chi connectivity index (χ3v) is 7.64. The van der Waals surface area contributed by atoms with Crippen molar-refractivity contribution in [1.82, 2.24) is 0 Å². The molecule has 4 aromatic rings. The summed E-state index contributed by atoms with van der Waals surface area (Å²) in [5, 5.41) is 14.0. The Hall–Kier alpha value is -3.69. The zero-order valence-electron chi connectivity index (χ0n) is 18.0. The maximum Gasteiger partial charge on any atom is 0.123 e. The molecule has 0 amide bonds. The van der Waals surface area contributed by atoms with E-state index >= 15 is 0 Å². The second-order valence-corrected chi connectivity index (χ2v) is 9.46. The van der Waals surface area contributed by atoms with Gasteiger partial charge in [-0.3, -0.25) is 0 Å². The van der Waals surface area contributed by atoms with Crippen molar-refractivity contribution < 1.29 is 5.11 Å². The molecule has 0 aromatic heterocycles. The highest BCUT2D eigenvalue weighted by Gasteiger charge is 2.31. The normalized spacial score (nSPS) is 16.4. The molecule has 0 bridgehead atoms. The minimum absolute atomic E-state index is 0.281. The van der Waals surface area contributed by atoms with Gasteiger partial charge in [-0.25, -0.2) is 0 Å². The number of allylic oxidation sites excluding steroid dienone is 4. The molecule has 4 aromatic carbocycles. The minimum atomic E-state index is 0.281. The summed E-state index contributed by atoms with van der Waals surface area (Å²) >= 11 is 1.91. The van der Waals surface area contributed by atoms with E-state index in [2.05, 4.69) is 72.1 Å². The maximum absolute atomic E-state index is 10.4. The number of phenolic OH excluding ortho intramolecular Hbond substituents is 1. The monoisotopic (exact) mass is 445 g/mol. The molecule has 0 saturated carbocycles. The number of phenols is 1. The van der Waals surface area contributed by atoms with Gasteiger partial charge < -0.3 is 10.4 Å². The van der Waals surface area contributed by atoms with Crippen molar-refractivity contribution >= 4 is 28.7 Å². The van der Waals surface area contributed by atoms with Gasteiger partial charge in [-0.15, -0.1) is 0 Å². The first kappa shape index (κ1) is 20.0. The minimum Gasteiger partial charge on any atom is -0.507 e. The largest absolute Gasteiger partial charge is 0.507 e. The van der Waals surface area contributed by atoms with Gasteiger partial charge in [0, 0.05) is 38.2 Å². The van der Waals surface area contributed by atoms with Crippen LogP contribution in [0.1, 0.15) is 23.5 Å². The molecular weight excluding hydrogens is 422 g/mol. The molecule has 33 heavy (non-hydrogen) atoms. The Morgan fingerprint density at radius 1 is 0.788 bits per heavy atom. The van der Waals surface area contributed by atoms with E-state index in [4.69, 9.17) is 0 Å². The second-order valence-electron chi connectivity index (χ2n) is 8.38. The molecule has 1 aliphatic heterocycles. The van der Waals surface area contributed by atoms with E-state index in [1.165, 1.54) is 26.5 Å². The van der Waals surface area contributed by atoms with Gasteiger partial charge in [0.05, 0.1) is 0 Å². The summed E-state index contributed by atoms with van der Waals surface area (Å²) in [5.74, 6) is 0.744. The van der Waals surface area contributed by atoms with E-state index < -0.39 is 0 Å². The molecule has 0 fully saturated rings. The van der Waals surface area contributed by atoms with Crippen molar-refractivity contribution in [2.45, 2.75) is 17.2 Å². The topological polar surface area (TPSA) is 32.3 Å². The van der Waals surface area contributed by atoms with E-state index in [1.807, 2.05) is 48.2 Å². The van der Waals surface area contributed by atoms with Crippen LogP contribution in [0.4, 0.5) is 11.4 Å². The number of benzene rings is 4. The van der Waals surface area contributed by atoms with Gasteiger partial charge in [-0.1, -0.05) is 90.6 Å². The first-order chi connectivity index (χ1) is 16.3. The van der Waals surface area contributed by atoms with E-state index in [-0.39, 0.29) is 5.75 Å². The molecule has 0 radical (unpaired) electrons. The number of anilines is 2. The lowest BCUT2D eigenvalue weighted by atomic mass is 9.87. The lowest BCUT2D eigenvalue weighted by Crippen LogP contribution is -2.01. The smallest absolute Gasteiger partial charge is 0.123 e. The number of nitrogens with one attached hydrogen (secondary N) is 1. The highest BCUT2D eigenvalue weighted by Crippen LogP contribution is 2.54. The Kier molecular flexibility index (Phi) is 5.04. The van der Waals surface area contributed by atoms with Crippen LogP contribution in [0.15, 0.2) is 119 Å². The van der Waals surface area contributed by atoms with Crippen LogP contribution < -0.4 is 5.32 Å². The van der Waals surface area contributed by atoms with Crippen LogP contribution in [-0.4, -0.2) is 5.11 Å². The number of fused-ring (bicyclic) bond motifs is 3. The third kappa shape index (κ3) is 3.65. The van der Waals surface area contributed by atoms with Gasteiger partial charge >= 0.3 is 0 Å². The summed E-state index contributed by atoms with van der Waals surface area (Å²) < 4.78 is 0. The molecule has 2 nitrogen and oxygen atoms in total. The van der Waals surface area contributed by atoms with Crippen LogP contribution in [0.3, 0.4) is 0 Å². The molecule has 160 valence electrons. The predicted octanol–water partition coefficient (Wildman–Crippen LogP) is 8.36. The number of thioether (sulfide) groups is 1. The summed E-state index contributed by atoms with van der Waals surface area (Å²) in [6, 6.07) is 33.0. The molecule has 3 heteroatoms. The number of hydrogen-bond donors (Lipinski definition) is 2. The molecule has 1 heterocycles. The third-order valence-electron chi connectivity index (χ3n) is 6.33. The van der Waals surface area contributed by atoms with Gasteiger partial charge in [0.2, 0.25) is 0 Å². The van der Waals surface area contributed by atoms with Gasteiger partial charge in [0.15, 0.2) is 0 Å². The first-order valence-corrected chi connectivity index (χ1v) is 12.0. The highest BCUT2D eigenvalue weighted by atomic mass is 32.2. The fourth-order valence-corrected chi connectivity index (χ4v) is 6.13. The SMILES string of the molecule is Oc1ccccc1-c1ccccc1Nc1cccc(C2=C3Sc4ccccc4C3CC=C2)c1. The highest BCUT2D eigenvalue weighted by molar-refractivity contribution is 8.03. The summed E-state index contributed by atoms with van der Waals surface area (Å²) in [4.78, 5) is 2.83. The molecule has 0 saturated heterocycles. The Morgan fingerprint density at radius 2 is 1.58 bits per heavy atom. The van der Waals surface area contributed by atoms with Crippen molar-refractivity contribution in [1.29, 1.82) is 0 Å². The maximum atomic E-state index is 10.4. The van der Waals surface area contributed by atoms with E-state index in [9.17, 15) is 5.11 Å². The number of rotatable bonds is 4. The van der Waals surface area contributed by atoms with Crippen molar-refractivity contribution in [3.05, 3.63) is 125 Å². The Balaban J connectivity index is 1.36. The predicted molar refractivity (Wildman–Crippen MR) is 139 cm³/mol. The van der Waals surface area contributed by atoms with Crippen molar-refractivity contribution in [2.75, 3.05) is 5.32 Å². The van der Waals surface area contributed by atoms with Crippen LogP contribution in [0.5, 0.6) is 5.75 Å². The van der Waals surface area contributed by atoms with Crippen molar-refractivity contribution in [3.63, 3.8) is 0 Å². The second kappa shape index (κ2) is 8.34. The molecule has 2 aliphatic rings. The number of hydrogen-bond acceptors (Lipinski definition) is 3. The van der Waals surface area contributed by atoms with Crippen LogP contribution >= 0.6 is 11.8 Å². The Bertz CT molecular complexity index is 1420. The Morgan fingerprint density at radius 3 is 2.48 bits per heavy atom. The van der Waals surface area contributed by atoms with E-state index in [0.717, 1.165) is 28.9 Å². The molecule has 1 aliphatic carbocycles. The van der Waals surface area contributed by atoms with E-state index in [1.54, 1.807) is 6.07 Å². The summed E-state index contributed by atoms with van der Waals surface area (Å²) in [7, 11) is 0. The molecule has 1 unspecified atom stereocenters. The van der Waals surface area contributed by atoms with Crippen molar-refractivity contribution in [3.8, 4) is 16.9 Å². The summed E-state index contributed by atoms with van der Waals surface area (Å²) in [6.07, 6.45) is 5.65. The van der Waals surface area contributed by atoms with Crippen molar-refractivity contribution in [2.24, 2.45) is 0 Å².